The Morgan fingerprint density at radius 1 is 1.06 bits per heavy atom. The van der Waals surface area contributed by atoms with Gasteiger partial charge in [0.15, 0.2) is 0 Å². The van der Waals surface area contributed by atoms with Crippen molar-refractivity contribution in [2.45, 2.75) is 73.8 Å². The molecule has 0 aromatic heterocycles. The van der Waals surface area contributed by atoms with E-state index in [0.29, 0.717) is 36.1 Å². The van der Waals surface area contributed by atoms with Gasteiger partial charge in [0, 0.05) is 19.0 Å². The summed E-state index contributed by atoms with van der Waals surface area (Å²) in [5, 5.41) is 0. The molecule has 0 radical (unpaired) electrons. The van der Waals surface area contributed by atoms with E-state index < -0.39 is 0 Å². The monoisotopic (exact) mass is 255 g/mol. The second-order valence-electron chi connectivity index (χ2n) is 6.17. The van der Waals surface area contributed by atoms with Gasteiger partial charge in [-0.2, -0.15) is 0 Å². The summed E-state index contributed by atoms with van der Waals surface area (Å²) >= 11 is 0. The van der Waals surface area contributed by atoms with E-state index in [-0.39, 0.29) is 0 Å². The van der Waals surface area contributed by atoms with Gasteiger partial charge in [0.2, 0.25) is 5.91 Å². The van der Waals surface area contributed by atoms with Crippen molar-refractivity contribution in [2.24, 2.45) is 17.8 Å². The number of carbonyl (C=O) groups excluding carboxylic acids is 1. The van der Waals surface area contributed by atoms with Crippen molar-refractivity contribution in [3.8, 4) is 0 Å². The van der Waals surface area contributed by atoms with Crippen molar-refractivity contribution in [1.82, 2.24) is 4.90 Å². The van der Waals surface area contributed by atoms with Crippen LogP contribution in [0.2, 0.25) is 0 Å². The normalized spacial score (nSPS) is 16.4. The van der Waals surface area contributed by atoms with Gasteiger partial charge in [-0.05, 0) is 31.1 Å². The van der Waals surface area contributed by atoms with Gasteiger partial charge in [-0.25, -0.2) is 0 Å². The molecule has 0 aromatic carbocycles. The number of carbonyl (C=O) groups is 1. The number of nitrogens with zero attached hydrogens (tertiary/aromatic N) is 1. The SMILES string of the molecule is CCCN(C(=O)CC(C)C)C(C)C(C)C(C)CC. The largest absolute Gasteiger partial charge is 0.340 e. The van der Waals surface area contributed by atoms with Crippen LogP contribution in [0.5, 0.6) is 0 Å². The molecule has 0 fully saturated rings. The molecule has 3 atom stereocenters. The van der Waals surface area contributed by atoms with E-state index in [2.05, 4.69) is 53.4 Å². The molecule has 0 spiro atoms. The number of hydrogen-bond donors (Lipinski definition) is 0. The molecule has 1 amide bonds. The van der Waals surface area contributed by atoms with Gasteiger partial charge in [0.05, 0.1) is 0 Å². The lowest BCUT2D eigenvalue weighted by atomic mass is 9.87. The fourth-order valence-corrected chi connectivity index (χ4v) is 2.39. The zero-order chi connectivity index (χ0) is 14.3. The van der Waals surface area contributed by atoms with Crippen LogP contribution in [0.3, 0.4) is 0 Å². The molecule has 0 heterocycles. The molecule has 0 aliphatic heterocycles. The number of amides is 1. The van der Waals surface area contributed by atoms with Crippen LogP contribution in [0.25, 0.3) is 0 Å². The van der Waals surface area contributed by atoms with Crippen molar-refractivity contribution in [3.05, 3.63) is 0 Å². The summed E-state index contributed by atoms with van der Waals surface area (Å²) in [6.07, 6.45) is 2.91. The van der Waals surface area contributed by atoms with Crippen LogP contribution in [0.4, 0.5) is 0 Å². The third-order valence-corrected chi connectivity index (χ3v) is 4.16. The topological polar surface area (TPSA) is 20.3 Å². The van der Waals surface area contributed by atoms with E-state index in [1.165, 1.54) is 6.42 Å². The highest BCUT2D eigenvalue weighted by molar-refractivity contribution is 5.76. The molecule has 0 rings (SSSR count). The van der Waals surface area contributed by atoms with Gasteiger partial charge < -0.3 is 4.90 Å². The number of rotatable bonds is 8. The van der Waals surface area contributed by atoms with E-state index in [0.717, 1.165) is 13.0 Å². The van der Waals surface area contributed by atoms with Crippen molar-refractivity contribution in [3.63, 3.8) is 0 Å². The Hall–Kier alpha value is -0.530. The van der Waals surface area contributed by atoms with E-state index in [1.807, 2.05) is 0 Å². The van der Waals surface area contributed by atoms with Gasteiger partial charge in [0.25, 0.3) is 0 Å². The third kappa shape index (κ3) is 5.41. The summed E-state index contributed by atoms with van der Waals surface area (Å²) in [7, 11) is 0. The molecular weight excluding hydrogens is 222 g/mol. The fourth-order valence-electron chi connectivity index (χ4n) is 2.39. The van der Waals surface area contributed by atoms with E-state index in [4.69, 9.17) is 0 Å². The van der Waals surface area contributed by atoms with Crippen LogP contribution in [0, 0.1) is 17.8 Å². The summed E-state index contributed by atoms with van der Waals surface area (Å²) in [5.74, 6) is 2.02. The molecular formula is C16H33NO. The van der Waals surface area contributed by atoms with E-state index in [9.17, 15) is 4.79 Å². The number of hydrogen-bond acceptors (Lipinski definition) is 1. The molecule has 2 nitrogen and oxygen atoms in total. The first kappa shape index (κ1) is 17.5. The van der Waals surface area contributed by atoms with Gasteiger partial charge in [0.1, 0.15) is 0 Å². The first-order chi connectivity index (χ1) is 8.34. The molecule has 0 saturated heterocycles. The molecule has 0 aliphatic carbocycles. The van der Waals surface area contributed by atoms with Crippen molar-refractivity contribution in [2.75, 3.05) is 6.54 Å². The second kappa shape index (κ2) is 8.55. The van der Waals surface area contributed by atoms with Gasteiger partial charge in [-0.1, -0.05) is 48.0 Å². The van der Waals surface area contributed by atoms with Crippen LogP contribution in [0.1, 0.15) is 67.7 Å². The first-order valence-corrected chi connectivity index (χ1v) is 7.64. The second-order valence-corrected chi connectivity index (χ2v) is 6.17. The van der Waals surface area contributed by atoms with Gasteiger partial charge in [-0.3, -0.25) is 4.79 Å². The average molecular weight is 255 g/mol. The maximum Gasteiger partial charge on any atom is 0.223 e. The van der Waals surface area contributed by atoms with Crippen LogP contribution in [0.15, 0.2) is 0 Å². The summed E-state index contributed by atoms with van der Waals surface area (Å²) in [5.41, 5.74) is 0. The summed E-state index contributed by atoms with van der Waals surface area (Å²) in [6, 6.07) is 0.353. The smallest absolute Gasteiger partial charge is 0.223 e. The van der Waals surface area contributed by atoms with Crippen LogP contribution in [-0.2, 0) is 4.79 Å². The lowest BCUT2D eigenvalue weighted by molar-refractivity contribution is -0.135. The van der Waals surface area contributed by atoms with E-state index in [1.54, 1.807) is 0 Å². The Balaban J connectivity index is 4.71. The predicted octanol–water partition coefficient (Wildman–Crippen LogP) is 4.34. The van der Waals surface area contributed by atoms with Gasteiger partial charge >= 0.3 is 0 Å². The Bertz CT molecular complexity index is 237. The highest BCUT2D eigenvalue weighted by atomic mass is 16.2. The van der Waals surface area contributed by atoms with E-state index >= 15 is 0 Å². The van der Waals surface area contributed by atoms with Crippen LogP contribution in [-0.4, -0.2) is 23.4 Å². The minimum atomic E-state index is 0.328. The highest BCUT2D eigenvalue weighted by Crippen LogP contribution is 2.23. The minimum absolute atomic E-state index is 0.328. The molecule has 18 heavy (non-hydrogen) atoms. The van der Waals surface area contributed by atoms with Crippen molar-refractivity contribution < 1.29 is 4.79 Å². The standard InChI is InChI=1S/C16H33NO/c1-8-10-17(16(18)11-12(3)4)15(7)14(6)13(5)9-2/h12-15H,8-11H2,1-7H3. The average Bonchev–Trinajstić information content (AvgIpc) is 2.32. The summed E-state index contributed by atoms with van der Waals surface area (Å²) < 4.78 is 0. The summed E-state index contributed by atoms with van der Waals surface area (Å²) in [4.78, 5) is 14.4. The van der Waals surface area contributed by atoms with Crippen molar-refractivity contribution in [1.29, 1.82) is 0 Å². The zero-order valence-corrected chi connectivity index (χ0v) is 13.5. The lowest BCUT2D eigenvalue weighted by Gasteiger charge is -2.36. The Labute approximate surface area is 114 Å². The molecule has 3 unspecified atom stereocenters. The fraction of sp³-hybridized carbons (Fsp3) is 0.938. The molecule has 0 aromatic rings. The predicted molar refractivity (Wildman–Crippen MR) is 79.5 cm³/mol. The van der Waals surface area contributed by atoms with Crippen molar-refractivity contribution >= 4 is 5.91 Å². The minimum Gasteiger partial charge on any atom is -0.340 e. The zero-order valence-electron chi connectivity index (χ0n) is 13.5. The molecule has 0 aliphatic rings. The maximum absolute atomic E-state index is 12.3. The molecule has 0 N–H and O–H groups in total. The van der Waals surface area contributed by atoms with Crippen LogP contribution >= 0.6 is 0 Å². The Morgan fingerprint density at radius 3 is 2.00 bits per heavy atom. The van der Waals surface area contributed by atoms with Gasteiger partial charge in [-0.15, -0.1) is 0 Å². The molecule has 108 valence electrons. The third-order valence-electron chi connectivity index (χ3n) is 4.16. The molecule has 0 saturated carbocycles. The molecule has 0 bridgehead atoms. The highest BCUT2D eigenvalue weighted by Gasteiger charge is 2.26. The molecule has 2 heteroatoms. The maximum atomic E-state index is 12.3. The first-order valence-electron chi connectivity index (χ1n) is 7.64. The Kier molecular flexibility index (Phi) is 8.30. The summed E-state index contributed by atoms with van der Waals surface area (Å²) in [6.45, 7) is 16.3. The Morgan fingerprint density at radius 2 is 1.61 bits per heavy atom. The lowest BCUT2D eigenvalue weighted by Crippen LogP contribution is -2.44. The van der Waals surface area contributed by atoms with Crippen LogP contribution < -0.4 is 0 Å². The quantitative estimate of drug-likeness (QED) is 0.631.